The van der Waals surface area contributed by atoms with Crippen LogP contribution >= 0.6 is 0 Å². The quantitative estimate of drug-likeness (QED) is 0.741. The van der Waals surface area contributed by atoms with Gasteiger partial charge in [-0.05, 0) is 12.8 Å². The highest BCUT2D eigenvalue weighted by Crippen LogP contribution is 2.04. The molecule has 1 heterocycles. The molecule has 1 fully saturated rings. The first-order valence-electron chi connectivity index (χ1n) is 5.33. The Morgan fingerprint density at radius 2 is 2.43 bits per heavy atom. The highest BCUT2D eigenvalue weighted by molar-refractivity contribution is 5.74. The standard InChI is InChI=1S/C10H20N2O2/c1-3-4-6-12(2)10(13)11-9-5-7-14-8-9/h9H,3-8H2,1-2H3,(H,11,13). The molecular weight excluding hydrogens is 180 g/mol. The fraction of sp³-hybridized carbons (Fsp3) is 0.900. The summed E-state index contributed by atoms with van der Waals surface area (Å²) >= 11 is 0. The van der Waals surface area contributed by atoms with Crippen LogP contribution in [0, 0.1) is 0 Å². The van der Waals surface area contributed by atoms with Crippen LogP contribution in [0.4, 0.5) is 4.79 Å². The molecule has 4 heteroatoms. The second kappa shape index (κ2) is 5.86. The minimum absolute atomic E-state index is 0.0222. The van der Waals surface area contributed by atoms with Crippen LogP contribution in [0.5, 0.6) is 0 Å². The van der Waals surface area contributed by atoms with E-state index in [2.05, 4.69) is 12.2 Å². The van der Waals surface area contributed by atoms with Crippen molar-refractivity contribution in [2.45, 2.75) is 32.2 Å². The summed E-state index contributed by atoms with van der Waals surface area (Å²) in [6.07, 6.45) is 3.11. The van der Waals surface area contributed by atoms with E-state index in [-0.39, 0.29) is 12.1 Å². The number of nitrogens with zero attached hydrogens (tertiary/aromatic N) is 1. The predicted molar refractivity (Wildman–Crippen MR) is 55.3 cm³/mol. The smallest absolute Gasteiger partial charge is 0.317 e. The average Bonchev–Trinajstić information content (AvgIpc) is 2.66. The van der Waals surface area contributed by atoms with Crippen LogP contribution < -0.4 is 5.32 Å². The molecule has 1 aliphatic heterocycles. The Kier molecular flexibility index (Phi) is 4.73. The molecule has 1 unspecified atom stereocenters. The zero-order valence-electron chi connectivity index (χ0n) is 9.08. The third-order valence-corrected chi connectivity index (χ3v) is 2.45. The van der Waals surface area contributed by atoms with Crippen LogP contribution in [0.25, 0.3) is 0 Å². The molecule has 0 saturated carbocycles. The zero-order valence-corrected chi connectivity index (χ0v) is 9.08. The summed E-state index contributed by atoms with van der Waals surface area (Å²) in [6, 6.07) is 0.237. The van der Waals surface area contributed by atoms with Crippen LogP contribution in [0.15, 0.2) is 0 Å². The van der Waals surface area contributed by atoms with Crippen LogP contribution in [-0.2, 0) is 4.74 Å². The number of hydrogen-bond acceptors (Lipinski definition) is 2. The molecule has 1 saturated heterocycles. The minimum atomic E-state index is 0.0222. The van der Waals surface area contributed by atoms with Crippen molar-refractivity contribution in [3.05, 3.63) is 0 Å². The second-order valence-electron chi connectivity index (χ2n) is 3.79. The van der Waals surface area contributed by atoms with E-state index in [9.17, 15) is 4.79 Å². The average molecular weight is 200 g/mol. The van der Waals surface area contributed by atoms with Gasteiger partial charge in [-0.25, -0.2) is 4.79 Å². The van der Waals surface area contributed by atoms with Gasteiger partial charge in [0.2, 0.25) is 0 Å². The van der Waals surface area contributed by atoms with Gasteiger partial charge >= 0.3 is 6.03 Å². The normalized spacial score (nSPS) is 20.9. The number of carbonyl (C=O) groups excluding carboxylic acids is 1. The Hall–Kier alpha value is -0.770. The van der Waals surface area contributed by atoms with E-state index >= 15 is 0 Å². The SMILES string of the molecule is CCCCN(C)C(=O)NC1CCOC1. The molecular formula is C10H20N2O2. The lowest BCUT2D eigenvalue weighted by atomic mass is 10.3. The third-order valence-electron chi connectivity index (χ3n) is 2.45. The van der Waals surface area contributed by atoms with E-state index in [1.807, 2.05) is 7.05 Å². The summed E-state index contributed by atoms with van der Waals surface area (Å²) in [5, 5.41) is 2.95. The summed E-state index contributed by atoms with van der Waals surface area (Å²) < 4.78 is 5.19. The van der Waals surface area contributed by atoms with Gasteiger partial charge in [-0.15, -0.1) is 0 Å². The number of nitrogens with one attached hydrogen (secondary N) is 1. The molecule has 14 heavy (non-hydrogen) atoms. The van der Waals surface area contributed by atoms with Gasteiger partial charge in [-0.1, -0.05) is 13.3 Å². The van der Waals surface area contributed by atoms with Crippen molar-refractivity contribution in [1.29, 1.82) is 0 Å². The molecule has 2 amide bonds. The maximum absolute atomic E-state index is 11.6. The maximum atomic E-state index is 11.6. The molecule has 1 aliphatic rings. The molecule has 4 nitrogen and oxygen atoms in total. The van der Waals surface area contributed by atoms with Gasteiger partial charge in [0.15, 0.2) is 0 Å². The molecule has 0 aromatic carbocycles. The van der Waals surface area contributed by atoms with E-state index in [0.717, 1.165) is 32.4 Å². The van der Waals surface area contributed by atoms with Crippen molar-refractivity contribution in [3.8, 4) is 0 Å². The molecule has 1 N–H and O–H groups in total. The fourth-order valence-corrected chi connectivity index (χ4v) is 1.43. The lowest BCUT2D eigenvalue weighted by Gasteiger charge is -2.19. The third kappa shape index (κ3) is 3.54. The highest BCUT2D eigenvalue weighted by Gasteiger charge is 2.19. The van der Waals surface area contributed by atoms with Crippen molar-refractivity contribution in [3.63, 3.8) is 0 Å². The van der Waals surface area contributed by atoms with Gasteiger partial charge in [-0.3, -0.25) is 0 Å². The highest BCUT2D eigenvalue weighted by atomic mass is 16.5. The summed E-state index contributed by atoms with van der Waals surface area (Å²) in [5.41, 5.74) is 0. The van der Waals surface area contributed by atoms with Crippen molar-refractivity contribution in [2.24, 2.45) is 0 Å². The second-order valence-corrected chi connectivity index (χ2v) is 3.79. The van der Waals surface area contributed by atoms with Gasteiger partial charge in [0.25, 0.3) is 0 Å². The number of unbranched alkanes of at least 4 members (excludes halogenated alkanes) is 1. The Balaban J connectivity index is 2.18. The van der Waals surface area contributed by atoms with Crippen molar-refractivity contribution in [2.75, 3.05) is 26.8 Å². The largest absolute Gasteiger partial charge is 0.379 e. The summed E-state index contributed by atoms with van der Waals surface area (Å²) in [4.78, 5) is 13.3. The molecule has 0 bridgehead atoms. The first kappa shape index (κ1) is 11.3. The number of urea groups is 1. The first-order valence-corrected chi connectivity index (χ1v) is 5.33. The van der Waals surface area contributed by atoms with Gasteiger partial charge in [0, 0.05) is 20.2 Å². The Labute approximate surface area is 85.6 Å². The van der Waals surface area contributed by atoms with Crippen LogP contribution in [-0.4, -0.2) is 43.8 Å². The molecule has 0 aromatic rings. The van der Waals surface area contributed by atoms with Crippen molar-refractivity contribution < 1.29 is 9.53 Å². The number of ether oxygens (including phenoxy) is 1. The maximum Gasteiger partial charge on any atom is 0.317 e. The van der Waals surface area contributed by atoms with Gasteiger partial charge in [0.05, 0.1) is 12.6 Å². The van der Waals surface area contributed by atoms with Gasteiger partial charge < -0.3 is 15.0 Å². The first-order chi connectivity index (χ1) is 6.74. The van der Waals surface area contributed by atoms with Crippen molar-refractivity contribution in [1.82, 2.24) is 10.2 Å². The lowest BCUT2D eigenvalue weighted by molar-refractivity contribution is 0.182. The van der Waals surface area contributed by atoms with E-state index in [1.54, 1.807) is 4.90 Å². The van der Waals surface area contributed by atoms with E-state index in [0.29, 0.717) is 6.61 Å². The fourth-order valence-electron chi connectivity index (χ4n) is 1.43. The number of carbonyl (C=O) groups is 1. The van der Waals surface area contributed by atoms with Crippen LogP contribution in [0.2, 0.25) is 0 Å². The van der Waals surface area contributed by atoms with Gasteiger partial charge in [-0.2, -0.15) is 0 Å². The molecule has 1 rings (SSSR count). The molecule has 0 aromatic heterocycles. The lowest BCUT2D eigenvalue weighted by Crippen LogP contribution is -2.43. The minimum Gasteiger partial charge on any atom is -0.379 e. The van der Waals surface area contributed by atoms with E-state index in [1.165, 1.54) is 0 Å². The van der Waals surface area contributed by atoms with Crippen LogP contribution in [0.1, 0.15) is 26.2 Å². The zero-order chi connectivity index (χ0) is 10.4. The summed E-state index contributed by atoms with van der Waals surface area (Å²) in [6.45, 7) is 4.38. The summed E-state index contributed by atoms with van der Waals surface area (Å²) in [5.74, 6) is 0. The molecule has 0 radical (unpaired) electrons. The summed E-state index contributed by atoms with van der Waals surface area (Å²) in [7, 11) is 1.83. The van der Waals surface area contributed by atoms with Crippen molar-refractivity contribution >= 4 is 6.03 Å². The Bertz CT molecular complexity index is 179. The molecule has 0 aliphatic carbocycles. The topological polar surface area (TPSA) is 41.6 Å². The van der Waals surface area contributed by atoms with E-state index < -0.39 is 0 Å². The van der Waals surface area contributed by atoms with E-state index in [4.69, 9.17) is 4.74 Å². The molecule has 82 valence electrons. The Morgan fingerprint density at radius 3 is 3.00 bits per heavy atom. The van der Waals surface area contributed by atoms with Crippen LogP contribution in [0.3, 0.4) is 0 Å². The Morgan fingerprint density at radius 1 is 1.64 bits per heavy atom. The molecule has 0 spiro atoms. The molecule has 1 atom stereocenters. The monoisotopic (exact) mass is 200 g/mol. The number of rotatable bonds is 4. The number of hydrogen-bond donors (Lipinski definition) is 1. The van der Waals surface area contributed by atoms with Gasteiger partial charge in [0.1, 0.15) is 0 Å². The predicted octanol–water partition coefficient (Wildman–Crippen LogP) is 1.22. The number of amides is 2.